The first kappa shape index (κ1) is 25.5. The highest BCUT2D eigenvalue weighted by molar-refractivity contribution is 5.70. The minimum Gasteiger partial charge on any atom is -0.391 e. The van der Waals surface area contributed by atoms with Gasteiger partial charge in [0.2, 0.25) is 5.78 Å². The van der Waals surface area contributed by atoms with Gasteiger partial charge in [0.15, 0.2) is 0 Å². The number of nitrogens with zero attached hydrogens (tertiary/aromatic N) is 5. The average Bonchev–Trinajstić information content (AvgIpc) is 3.59. The molecule has 1 N–H and O–H groups in total. The van der Waals surface area contributed by atoms with Crippen LogP contribution in [0.4, 0.5) is 0 Å². The lowest BCUT2D eigenvalue weighted by Crippen LogP contribution is -2.39. The molecule has 0 bridgehead atoms. The van der Waals surface area contributed by atoms with E-state index in [-0.39, 0.29) is 17.2 Å². The van der Waals surface area contributed by atoms with Crippen LogP contribution in [0, 0.1) is 11.3 Å². The van der Waals surface area contributed by atoms with Crippen LogP contribution >= 0.6 is 0 Å². The molecule has 0 radical (unpaired) electrons. The van der Waals surface area contributed by atoms with Gasteiger partial charge in [0.25, 0.3) is 5.56 Å². The van der Waals surface area contributed by atoms with Gasteiger partial charge >= 0.3 is 0 Å². The van der Waals surface area contributed by atoms with Gasteiger partial charge in [-0.1, -0.05) is 55.8 Å². The Morgan fingerprint density at radius 3 is 2.62 bits per heavy atom. The van der Waals surface area contributed by atoms with E-state index in [1.165, 1.54) is 6.33 Å². The fourth-order valence-electron chi connectivity index (χ4n) is 6.47. The number of benzene rings is 2. The summed E-state index contributed by atoms with van der Waals surface area (Å²) in [6, 6.07) is 18.0. The van der Waals surface area contributed by atoms with Crippen LogP contribution in [0.15, 0.2) is 59.7 Å². The summed E-state index contributed by atoms with van der Waals surface area (Å²) in [6.45, 7) is 2.51. The van der Waals surface area contributed by atoms with Crippen LogP contribution in [-0.4, -0.2) is 42.6 Å². The molecule has 1 saturated heterocycles. The fourth-order valence-corrected chi connectivity index (χ4v) is 6.47. The molecular weight excluding hydrogens is 490 g/mol. The molecule has 3 heterocycles. The van der Waals surface area contributed by atoms with Crippen molar-refractivity contribution in [1.29, 1.82) is 5.26 Å². The van der Waals surface area contributed by atoms with Crippen LogP contribution in [0.25, 0.3) is 16.9 Å². The molecule has 4 aromatic rings. The third-order valence-corrected chi connectivity index (χ3v) is 8.43. The van der Waals surface area contributed by atoms with Gasteiger partial charge in [-0.15, -0.1) is 0 Å². The van der Waals surface area contributed by atoms with Crippen molar-refractivity contribution in [3.63, 3.8) is 0 Å². The number of aliphatic hydroxyl groups is 1. The number of ether oxygens (including phenoxy) is 1. The summed E-state index contributed by atoms with van der Waals surface area (Å²) in [7, 11) is 0. The molecule has 1 aliphatic heterocycles. The van der Waals surface area contributed by atoms with E-state index >= 15 is 0 Å². The van der Waals surface area contributed by atoms with E-state index in [0.717, 1.165) is 66.5 Å². The molecule has 1 saturated carbocycles. The van der Waals surface area contributed by atoms with Crippen molar-refractivity contribution in [2.45, 2.75) is 76.0 Å². The first-order chi connectivity index (χ1) is 19.0. The van der Waals surface area contributed by atoms with Crippen LogP contribution in [0.2, 0.25) is 0 Å². The lowest BCUT2D eigenvalue weighted by molar-refractivity contribution is -0.0345. The van der Waals surface area contributed by atoms with Gasteiger partial charge in [-0.05, 0) is 54.9 Å². The average molecular weight is 524 g/mol. The Labute approximate surface area is 227 Å². The zero-order valence-corrected chi connectivity index (χ0v) is 22.2. The van der Waals surface area contributed by atoms with E-state index in [1.54, 1.807) is 0 Å². The Balaban J connectivity index is 1.35. The van der Waals surface area contributed by atoms with Crippen molar-refractivity contribution < 1.29 is 9.84 Å². The van der Waals surface area contributed by atoms with Gasteiger partial charge in [-0.3, -0.25) is 9.36 Å². The Morgan fingerprint density at radius 1 is 1.15 bits per heavy atom. The number of hydrogen-bond donors (Lipinski definition) is 1. The third kappa shape index (κ3) is 4.66. The molecule has 1 aliphatic carbocycles. The van der Waals surface area contributed by atoms with Gasteiger partial charge in [0.1, 0.15) is 6.33 Å². The second-order valence-electron chi connectivity index (χ2n) is 10.9. The number of rotatable bonds is 6. The van der Waals surface area contributed by atoms with Crippen molar-refractivity contribution >= 4 is 5.78 Å². The van der Waals surface area contributed by atoms with E-state index in [4.69, 9.17) is 4.74 Å². The molecule has 200 valence electrons. The summed E-state index contributed by atoms with van der Waals surface area (Å²) < 4.78 is 9.72. The minimum absolute atomic E-state index is 0.00572. The maximum absolute atomic E-state index is 14.2. The molecule has 1 unspecified atom stereocenters. The summed E-state index contributed by atoms with van der Waals surface area (Å²) >= 11 is 0. The molecular formula is C31H33N5O3. The van der Waals surface area contributed by atoms with E-state index in [1.807, 2.05) is 57.6 Å². The zero-order valence-electron chi connectivity index (χ0n) is 22.2. The molecule has 39 heavy (non-hydrogen) atoms. The van der Waals surface area contributed by atoms with Crippen molar-refractivity contribution in [3.05, 3.63) is 87.6 Å². The molecule has 8 heteroatoms. The van der Waals surface area contributed by atoms with Crippen molar-refractivity contribution in [3.8, 4) is 17.2 Å². The standard InChI is InChI=1S/C31H33N5O3/c1-2-5-28-27(16-21-8-10-22(11-9-21)26-7-4-3-6-23(26)18-32)29(38)35(30-33-20-34-36(28)30)24-12-14-31(15-13-24)17-25(37)19-39-31/h3-4,6-11,20,24-25,37H,2,5,12-17,19H2,1H3. The molecule has 2 aromatic heterocycles. The van der Waals surface area contributed by atoms with Crippen molar-refractivity contribution in [2.24, 2.45) is 0 Å². The van der Waals surface area contributed by atoms with Crippen LogP contribution in [0.5, 0.6) is 0 Å². The summed E-state index contributed by atoms with van der Waals surface area (Å²) in [5.74, 6) is 0.601. The predicted octanol–water partition coefficient (Wildman–Crippen LogP) is 4.61. The summed E-state index contributed by atoms with van der Waals surface area (Å²) in [5.41, 5.74) is 4.97. The van der Waals surface area contributed by atoms with E-state index in [2.05, 4.69) is 23.1 Å². The summed E-state index contributed by atoms with van der Waals surface area (Å²) in [6.07, 6.45) is 7.17. The van der Waals surface area contributed by atoms with Gasteiger partial charge in [0, 0.05) is 24.4 Å². The van der Waals surface area contributed by atoms with Crippen LogP contribution in [-0.2, 0) is 17.6 Å². The number of hydrogen-bond acceptors (Lipinski definition) is 6. The largest absolute Gasteiger partial charge is 0.391 e. The zero-order chi connectivity index (χ0) is 27.0. The highest BCUT2D eigenvalue weighted by Gasteiger charge is 2.43. The van der Waals surface area contributed by atoms with Crippen LogP contribution in [0.1, 0.15) is 73.9 Å². The lowest BCUT2D eigenvalue weighted by atomic mass is 9.80. The van der Waals surface area contributed by atoms with E-state index in [0.29, 0.717) is 30.8 Å². The quantitative estimate of drug-likeness (QED) is 0.396. The maximum atomic E-state index is 14.2. The third-order valence-electron chi connectivity index (χ3n) is 8.43. The number of aliphatic hydroxyl groups excluding tert-OH is 1. The van der Waals surface area contributed by atoms with Crippen molar-refractivity contribution in [2.75, 3.05) is 6.61 Å². The topological polar surface area (TPSA) is 105 Å². The van der Waals surface area contributed by atoms with Gasteiger partial charge in [0.05, 0.1) is 35.6 Å². The molecule has 2 fully saturated rings. The molecule has 0 amide bonds. The Kier molecular flexibility index (Phi) is 6.79. The normalized spacial score (nSPS) is 22.9. The maximum Gasteiger partial charge on any atom is 0.259 e. The monoisotopic (exact) mass is 523 g/mol. The molecule has 2 aliphatic rings. The number of aromatic nitrogens is 4. The molecule has 8 nitrogen and oxygen atoms in total. The van der Waals surface area contributed by atoms with Gasteiger partial charge in [-0.2, -0.15) is 15.3 Å². The first-order valence-electron chi connectivity index (χ1n) is 13.9. The second-order valence-corrected chi connectivity index (χ2v) is 10.9. The Bertz CT molecular complexity index is 1590. The predicted molar refractivity (Wildman–Crippen MR) is 147 cm³/mol. The smallest absolute Gasteiger partial charge is 0.259 e. The minimum atomic E-state index is -0.396. The first-order valence-corrected chi connectivity index (χ1v) is 13.9. The number of nitriles is 1. The Morgan fingerprint density at radius 2 is 1.92 bits per heavy atom. The van der Waals surface area contributed by atoms with Gasteiger partial charge in [-0.25, -0.2) is 4.52 Å². The van der Waals surface area contributed by atoms with Crippen LogP contribution < -0.4 is 5.56 Å². The lowest BCUT2D eigenvalue weighted by Gasteiger charge is -2.37. The molecule has 6 rings (SSSR count). The second kappa shape index (κ2) is 10.4. The molecule has 1 spiro atoms. The highest BCUT2D eigenvalue weighted by atomic mass is 16.5. The van der Waals surface area contributed by atoms with Gasteiger partial charge < -0.3 is 9.84 Å². The Hall–Kier alpha value is -3.80. The van der Waals surface area contributed by atoms with Crippen LogP contribution in [0.3, 0.4) is 0 Å². The molecule has 2 aromatic carbocycles. The summed E-state index contributed by atoms with van der Waals surface area (Å²) in [4.78, 5) is 18.7. The number of fused-ring (bicyclic) bond motifs is 1. The highest BCUT2D eigenvalue weighted by Crippen LogP contribution is 2.43. The van der Waals surface area contributed by atoms with E-state index < -0.39 is 6.10 Å². The number of aryl methyl sites for hydroxylation is 1. The van der Waals surface area contributed by atoms with Crippen molar-refractivity contribution in [1.82, 2.24) is 19.2 Å². The fraction of sp³-hybridized carbons (Fsp3) is 0.419. The van der Waals surface area contributed by atoms with E-state index in [9.17, 15) is 15.2 Å². The summed E-state index contributed by atoms with van der Waals surface area (Å²) in [5, 5.41) is 24.1. The molecule has 1 atom stereocenters. The SMILES string of the molecule is CCCc1c(Cc2ccc(-c3ccccc3C#N)cc2)c(=O)n(C2CCC3(CC2)CC(O)CO3)c2ncnn12.